The molecule has 0 aliphatic carbocycles. The number of anilines is 2. The van der Waals surface area contributed by atoms with Crippen molar-refractivity contribution in [3.05, 3.63) is 78.3 Å². The molecule has 0 saturated carbocycles. The van der Waals surface area contributed by atoms with E-state index in [2.05, 4.69) is 20.0 Å². The highest BCUT2D eigenvalue weighted by atomic mass is 32.2. The van der Waals surface area contributed by atoms with Gasteiger partial charge in [-0.05, 0) is 48.5 Å². The lowest BCUT2D eigenvalue weighted by molar-refractivity contribution is 0.0992. The fraction of sp³-hybridized carbons (Fsp3) is 0.160. The van der Waals surface area contributed by atoms with Gasteiger partial charge in [0, 0.05) is 17.8 Å². The molecule has 2 heterocycles. The second-order valence-electron chi connectivity index (χ2n) is 7.60. The van der Waals surface area contributed by atoms with Gasteiger partial charge in [0.05, 0.1) is 26.2 Å². The van der Waals surface area contributed by atoms with Crippen LogP contribution in [0.5, 0.6) is 23.4 Å². The van der Waals surface area contributed by atoms with Crippen molar-refractivity contribution in [2.45, 2.75) is 11.5 Å². The number of nitrogens with one attached hydrogen (secondary N) is 2. The van der Waals surface area contributed by atoms with Crippen LogP contribution in [0.25, 0.3) is 0 Å². The number of aromatic nitrogens is 2. The summed E-state index contributed by atoms with van der Waals surface area (Å²) in [4.78, 5) is 20.4. The second-order valence-corrected chi connectivity index (χ2v) is 9.28. The molecule has 0 saturated heterocycles. The number of rotatable bonds is 11. The van der Waals surface area contributed by atoms with E-state index in [-0.39, 0.29) is 35.0 Å². The van der Waals surface area contributed by atoms with Crippen molar-refractivity contribution in [3.8, 4) is 23.4 Å². The Hall–Kier alpha value is -4.78. The summed E-state index contributed by atoms with van der Waals surface area (Å²) < 4.78 is 54.3. The third-order valence-corrected chi connectivity index (χ3v) is 6.41. The topological polar surface area (TPSA) is 151 Å². The molecule has 4 rings (SSSR count). The average molecular weight is 541 g/mol. The fourth-order valence-electron chi connectivity index (χ4n) is 3.18. The highest BCUT2D eigenvalue weighted by molar-refractivity contribution is 7.92. The Bertz CT molecular complexity index is 1500. The summed E-state index contributed by atoms with van der Waals surface area (Å²) >= 11 is 0. The maximum absolute atomic E-state index is 12.8. The van der Waals surface area contributed by atoms with E-state index in [1.165, 1.54) is 50.6 Å². The minimum Gasteiger partial charge on any atom is -0.497 e. The van der Waals surface area contributed by atoms with Gasteiger partial charge in [0.15, 0.2) is 11.6 Å². The number of furan rings is 1. The number of nitrogens with zero attached hydrogens (tertiary/aromatic N) is 2. The van der Waals surface area contributed by atoms with E-state index in [1.807, 2.05) is 0 Å². The first kappa shape index (κ1) is 26.3. The quantitative estimate of drug-likeness (QED) is 0.288. The number of sulfonamides is 1. The van der Waals surface area contributed by atoms with Gasteiger partial charge in [-0.1, -0.05) is 6.07 Å². The molecular formula is C25H24N4O8S. The molecule has 2 aromatic heterocycles. The zero-order chi connectivity index (χ0) is 27.1. The average Bonchev–Trinajstić information content (AvgIpc) is 3.41. The number of amides is 1. The second kappa shape index (κ2) is 11.5. The SMILES string of the molecule is COc1cccc(OCc2ccc(C(=O)Nc3ccc(S(=O)(=O)Nc4cc(OC)nc(OC)n4)cc3)o2)c1. The maximum atomic E-state index is 12.8. The molecule has 4 aromatic rings. The predicted molar refractivity (Wildman–Crippen MR) is 136 cm³/mol. The summed E-state index contributed by atoms with van der Waals surface area (Å²) in [5, 5.41) is 2.66. The minimum absolute atomic E-state index is 0.0323. The van der Waals surface area contributed by atoms with E-state index in [4.69, 9.17) is 23.4 Å². The fourth-order valence-corrected chi connectivity index (χ4v) is 4.17. The van der Waals surface area contributed by atoms with Crippen LogP contribution in [0, 0.1) is 0 Å². The number of ether oxygens (including phenoxy) is 4. The van der Waals surface area contributed by atoms with Gasteiger partial charge in [-0.15, -0.1) is 0 Å². The van der Waals surface area contributed by atoms with Gasteiger partial charge in [0.2, 0.25) is 5.88 Å². The number of hydrogen-bond acceptors (Lipinski definition) is 10. The molecule has 13 heteroatoms. The van der Waals surface area contributed by atoms with Gasteiger partial charge in [0.1, 0.15) is 23.9 Å². The summed E-state index contributed by atoms with van der Waals surface area (Å²) in [6, 6.07) is 17.1. The Morgan fingerprint density at radius 3 is 2.37 bits per heavy atom. The van der Waals surface area contributed by atoms with Crippen molar-refractivity contribution in [1.82, 2.24) is 9.97 Å². The highest BCUT2D eigenvalue weighted by Gasteiger charge is 2.18. The molecule has 0 aliphatic heterocycles. The third-order valence-electron chi connectivity index (χ3n) is 5.04. The summed E-state index contributed by atoms with van der Waals surface area (Å²) in [6.45, 7) is 0.115. The highest BCUT2D eigenvalue weighted by Crippen LogP contribution is 2.23. The summed E-state index contributed by atoms with van der Waals surface area (Å²) in [5.74, 6) is 1.35. The van der Waals surface area contributed by atoms with Crippen molar-refractivity contribution < 1.29 is 36.6 Å². The van der Waals surface area contributed by atoms with Crippen molar-refractivity contribution in [2.75, 3.05) is 31.4 Å². The maximum Gasteiger partial charge on any atom is 0.321 e. The molecule has 0 aliphatic rings. The first-order chi connectivity index (χ1) is 18.3. The smallest absolute Gasteiger partial charge is 0.321 e. The number of benzene rings is 2. The van der Waals surface area contributed by atoms with Crippen LogP contribution >= 0.6 is 0 Å². The summed E-state index contributed by atoms with van der Waals surface area (Å²) in [6.07, 6.45) is 0. The number of carbonyl (C=O) groups excluding carboxylic acids is 1. The Balaban J connectivity index is 1.37. The van der Waals surface area contributed by atoms with Gasteiger partial charge >= 0.3 is 6.01 Å². The lowest BCUT2D eigenvalue weighted by Crippen LogP contribution is -2.15. The van der Waals surface area contributed by atoms with Gasteiger partial charge in [0.25, 0.3) is 15.9 Å². The van der Waals surface area contributed by atoms with Crippen LogP contribution in [0.1, 0.15) is 16.3 Å². The Kier molecular flexibility index (Phi) is 7.97. The van der Waals surface area contributed by atoms with Gasteiger partial charge in [-0.3, -0.25) is 9.52 Å². The number of hydrogen-bond donors (Lipinski definition) is 2. The molecule has 0 radical (unpaired) electrons. The van der Waals surface area contributed by atoms with Gasteiger partial charge in [-0.2, -0.15) is 9.97 Å². The van der Waals surface area contributed by atoms with Crippen LogP contribution in [0.2, 0.25) is 0 Å². The van der Waals surface area contributed by atoms with E-state index in [1.54, 1.807) is 37.4 Å². The monoisotopic (exact) mass is 540 g/mol. The molecular weight excluding hydrogens is 516 g/mol. The lowest BCUT2D eigenvalue weighted by Gasteiger charge is -2.10. The van der Waals surface area contributed by atoms with Crippen molar-refractivity contribution in [2.24, 2.45) is 0 Å². The Morgan fingerprint density at radius 2 is 1.66 bits per heavy atom. The van der Waals surface area contributed by atoms with E-state index in [0.29, 0.717) is 22.9 Å². The van der Waals surface area contributed by atoms with Crippen LogP contribution in [-0.4, -0.2) is 45.6 Å². The van der Waals surface area contributed by atoms with Gasteiger partial charge < -0.3 is 28.7 Å². The molecule has 38 heavy (non-hydrogen) atoms. The normalized spacial score (nSPS) is 10.9. The molecule has 2 aromatic carbocycles. The van der Waals surface area contributed by atoms with Crippen LogP contribution < -0.4 is 29.0 Å². The van der Waals surface area contributed by atoms with Crippen molar-refractivity contribution >= 4 is 27.4 Å². The number of carbonyl (C=O) groups is 1. The van der Waals surface area contributed by atoms with Crippen LogP contribution in [-0.2, 0) is 16.6 Å². The molecule has 198 valence electrons. The zero-order valence-corrected chi connectivity index (χ0v) is 21.4. The lowest BCUT2D eigenvalue weighted by atomic mass is 10.3. The van der Waals surface area contributed by atoms with Crippen LogP contribution in [0.4, 0.5) is 11.5 Å². The van der Waals surface area contributed by atoms with E-state index in [0.717, 1.165) is 0 Å². The Morgan fingerprint density at radius 1 is 0.895 bits per heavy atom. The number of methoxy groups -OCH3 is 3. The van der Waals surface area contributed by atoms with E-state index < -0.39 is 15.9 Å². The Labute approximate surface area is 218 Å². The van der Waals surface area contributed by atoms with Gasteiger partial charge in [-0.25, -0.2) is 8.42 Å². The predicted octanol–water partition coefficient (Wildman–Crippen LogP) is 3.73. The molecule has 2 N–H and O–H groups in total. The van der Waals surface area contributed by atoms with Crippen LogP contribution in [0.15, 0.2) is 76.0 Å². The molecule has 0 fully saturated rings. The largest absolute Gasteiger partial charge is 0.497 e. The first-order valence-electron chi connectivity index (χ1n) is 11.1. The van der Waals surface area contributed by atoms with E-state index in [9.17, 15) is 13.2 Å². The molecule has 0 bridgehead atoms. The van der Waals surface area contributed by atoms with Crippen molar-refractivity contribution in [3.63, 3.8) is 0 Å². The first-order valence-corrected chi connectivity index (χ1v) is 12.5. The molecule has 0 unspecified atom stereocenters. The van der Waals surface area contributed by atoms with Crippen molar-refractivity contribution in [1.29, 1.82) is 0 Å². The van der Waals surface area contributed by atoms with Crippen LogP contribution in [0.3, 0.4) is 0 Å². The third kappa shape index (κ3) is 6.50. The zero-order valence-electron chi connectivity index (χ0n) is 20.6. The molecule has 1 amide bonds. The molecule has 0 atom stereocenters. The summed E-state index contributed by atoms with van der Waals surface area (Å²) in [7, 11) is 0.298. The minimum atomic E-state index is -4.00. The molecule has 12 nitrogen and oxygen atoms in total. The van der Waals surface area contributed by atoms with E-state index >= 15 is 0 Å². The summed E-state index contributed by atoms with van der Waals surface area (Å²) in [5.41, 5.74) is 0.366. The standard InChI is InChI=1S/C25H24N4O8S/c1-33-17-5-4-6-18(13-17)36-15-19-9-12-21(37-19)24(30)26-16-7-10-20(11-8-16)38(31,32)29-22-14-23(34-2)28-25(27-22)35-3/h4-14H,15H2,1-3H3,(H,26,30)(H,27,28,29). The molecule has 0 spiro atoms.